The predicted molar refractivity (Wildman–Crippen MR) is 131 cm³/mol. The minimum absolute atomic E-state index is 0.0350. The zero-order chi connectivity index (χ0) is 24.3. The van der Waals surface area contributed by atoms with Crippen LogP contribution in [0, 0.1) is 42.2 Å². The summed E-state index contributed by atoms with van der Waals surface area (Å²) in [5, 5.41) is 3.06. The highest BCUT2D eigenvalue weighted by molar-refractivity contribution is 5.93. The maximum Gasteiger partial charge on any atom is 0.227 e. The van der Waals surface area contributed by atoms with E-state index in [0.717, 1.165) is 41.4 Å². The highest BCUT2D eigenvalue weighted by Crippen LogP contribution is 2.64. The lowest BCUT2D eigenvalue weighted by Crippen LogP contribution is -2.24. The number of rotatable bonds is 5. The number of hydrogen-bond donors (Lipinski definition) is 1. The van der Waals surface area contributed by atoms with Gasteiger partial charge in [0, 0.05) is 41.5 Å². The normalized spacial score (nSPS) is 23.8. The third kappa shape index (κ3) is 3.89. The monoisotopic (exact) mass is 472 g/mol. The third-order valence-electron chi connectivity index (χ3n) is 7.85. The van der Waals surface area contributed by atoms with Crippen molar-refractivity contribution in [2.75, 3.05) is 5.32 Å². The van der Waals surface area contributed by atoms with Crippen LogP contribution in [0.5, 0.6) is 0 Å². The Morgan fingerprint density at radius 2 is 1.74 bits per heavy atom. The van der Waals surface area contributed by atoms with Gasteiger partial charge in [-0.3, -0.25) is 9.78 Å². The molecule has 2 aromatic heterocycles. The van der Waals surface area contributed by atoms with Crippen molar-refractivity contribution in [3.63, 3.8) is 0 Å². The molecule has 1 N–H and O–H groups in total. The molecule has 2 aliphatic carbocycles. The molecule has 5 nitrogen and oxygen atoms in total. The Labute approximate surface area is 202 Å². The molecular weight excluding hydrogens is 446 g/mol. The largest absolute Gasteiger partial charge is 0.327 e. The molecule has 0 aliphatic heterocycles. The summed E-state index contributed by atoms with van der Waals surface area (Å²) in [5.41, 5.74) is 4.90. The highest BCUT2D eigenvalue weighted by atomic mass is 19.2. The molecule has 2 fully saturated rings. The van der Waals surface area contributed by atoms with Crippen molar-refractivity contribution in [1.29, 1.82) is 0 Å². The van der Waals surface area contributed by atoms with Gasteiger partial charge in [0.1, 0.15) is 0 Å². The van der Waals surface area contributed by atoms with Crippen LogP contribution in [0.15, 0.2) is 61.1 Å². The van der Waals surface area contributed by atoms with Crippen LogP contribution in [0.1, 0.15) is 31.4 Å². The molecule has 0 saturated heterocycles. The Hall–Kier alpha value is -3.61. The molecule has 6 rings (SSSR count). The van der Waals surface area contributed by atoms with E-state index >= 15 is 0 Å². The first-order chi connectivity index (χ1) is 16.9. The van der Waals surface area contributed by atoms with Gasteiger partial charge in [0.15, 0.2) is 11.6 Å². The fraction of sp³-hybridized carbons (Fsp3) is 0.321. The van der Waals surface area contributed by atoms with Crippen molar-refractivity contribution in [2.45, 2.75) is 32.7 Å². The number of carbonyl (C=O) groups excluding carboxylic acids is 1. The van der Waals surface area contributed by atoms with Crippen molar-refractivity contribution in [2.24, 2.45) is 23.7 Å². The second-order valence-electron chi connectivity index (χ2n) is 10.0. The molecular formula is C28H26F2N4O. The summed E-state index contributed by atoms with van der Waals surface area (Å²) in [4.78, 5) is 21.7. The van der Waals surface area contributed by atoms with Gasteiger partial charge in [0.05, 0.1) is 23.1 Å². The first kappa shape index (κ1) is 21.9. The number of anilines is 1. The number of imidazole rings is 1. The minimum atomic E-state index is -0.877. The zero-order valence-corrected chi connectivity index (χ0v) is 19.6. The van der Waals surface area contributed by atoms with Gasteiger partial charge in [-0.2, -0.15) is 0 Å². The van der Waals surface area contributed by atoms with Gasteiger partial charge in [-0.05, 0) is 61.3 Å². The molecule has 2 heterocycles. The summed E-state index contributed by atoms with van der Waals surface area (Å²) in [6.07, 6.45) is 5.38. The van der Waals surface area contributed by atoms with Crippen molar-refractivity contribution >= 4 is 22.6 Å². The van der Waals surface area contributed by atoms with E-state index in [1.807, 2.05) is 61.0 Å². The Morgan fingerprint density at radius 1 is 1.03 bits per heavy atom. The van der Waals surface area contributed by atoms with Crippen LogP contribution >= 0.6 is 0 Å². The van der Waals surface area contributed by atoms with Crippen LogP contribution in [-0.2, 0) is 4.79 Å². The van der Waals surface area contributed by atoms with E-state index < -0.39 is 11.6 Å². The lowest BCUT2D eigenvalue weighted by Gasteiger charge is -2.20. The molecule has 0 spiro atoms. The molecule has 0 radical (unpaired) electrons. The summed E-state index contributed by atoms with van der Waals surface area (Å²) in [6, 6.07) is 14.4. The Balaban J connectivity index is 1.08. The lowest BCUT2D eigenvalue weighted by atomic mass is 9.96. The number of amides is 1. The Kier molecular flexibility index (Phi) is 5.16. The SMILES string of the molecule is Cc1ccc(-c2ccc(NC(=O)[C@@H](C)C3[C@H]4CC(n5cnc6cc(F)c(F)cc65)C[C@@H]34)cc2)nc1. The van der Waals surface area contributed by atoms with Gasteiger partial charge in [-0.1, -0.05) is 25.1 Å². The number of nitrogens with zero attached hydrogens (tertiary/aromatic N) is 3. The summed E-state index contributed by atoms with van der Waals surface area (Å²) in [7, 11) is 0. The van der Waals surface area contributed by atoms with Gasteiger partial charge in [-0.15, -0.1) is 0 Å². The van der Waals surface area contributed by atoms with Crippen molar-refractivity contribution in [3.05, 3.63) is 78.3 Å². The molecule has 35 heavy (non-hydrogen) atoms. The number of nitrogens with one attached hydrogen (secondary N) is 1. The van der Waals surface area contributed by atoms with Crippen molar-refractivity contribution in [3.8, 4) is 11.3 Å². The van der Waals surface area contributed by atoms with E-state index in [1.54, 1.807) is 6.33 Å². The summed E-state index contributed by atoms with van der Waals surface area (Å²) >= 11 is 0. The Morgan fingerprint density at radius 3 is 2.43 bits per heavy atom. The van der Waals surface area contributed by atoms with E-state index in [0.29, 0.717) is 28.8 Å². The average Bonchev–Trinajstić information content (AvgIpc) is 3.15. The molecule has 2 unspecified atom stereocenters. The minimum Gasteiger partial charge on any atom is -0.327 e. The average molecular weight is 473 g/mol. The molecule has 178 valence electrons. The number of halogens is 2. The second kappa shape index (κ2) is 8.26. The number of benzene rings is 2. The van der Waals surface area contributed by atoms with Gasteiger partial charge in [0.25, 0.3) is 0 Å². The number of aromatic nitrogens is 3. The van der Waals surface area contributed by atoms with Crippen LogP contribution < -0.4 is 5.32 Å². The number of fused-ring (bicyclic) bond motifs is 2. The third-order valence-corrected chi connectivity index (χ3v) is 7.85. The van der Waals surface area contributed by atoms with Crippen LogP contribution in [0.25, 0.3) is 22.3 Å². The second-order valence-corrected chi connectivity index (χ2v) is 10.0. The smallest absolute Gasteiger partial charge is 0.227 e. The molecule has 2 aromatic carbocycles. The molecule has 5 atom stereocenters. The Bertz CT molecular complexity index is 1400. The molecule has 2 saturated carbocycles. The van der Waals surface area contributed by atoms with Gasteiger partial charge in [-0.25, -0.2) is 13.8 Å². The van der Waals surface area contributed by atoms with Gasteiger partial charge in [0.2, 0.25) is 5.91 Å². The number of aryl methyl sites for hydroxylation is 1. The first-order valence-electron chi connectivity index (χ1n) is 12.0. The van der Waals surface area contributed by atoms with Gasteiger partial charge < -0.3 is 9.88 Å². The quantitative estimate of drug-likeness (QED) is 0.379. The molecule has 1 amide bonds. The predicted octanol–water partition coefficient (Wildman–Crippen LogP) is 6.16. The highest BCUT2D eigenvalue weighted by Gasteiger charge is 2.59. The fourth-order valence-electron chi connectivity index (χ4n) is 5.94. The van der Waals surface area contributed by atoms with E-state index in [1.165, 1.54) is 6.07 Å². The van der Waals surface area contributed by atoms with E-state index in [2.05, 4.69) is 15.3 Å². The molecule has 7 heteroatoms. The summed E-state index contributed by atoms with van der Waals surface area (Å²) in [5.74, 6) is -0.487. The van der Waals surface area contributed by atoms with Gasteiger partial charge >= 0.3 is 0 Å². The molecule has 2 aliphatic rings. The zero-order valence-electron chi connectivity index (χ0n) is 19.6. The first-order valence-corrected chi connectivity index (χ1v) is 12.0. The number of pyridine rings is 1. The molecule has 0 bridgehead atoms. The topological polar surface area (TPSA) is 59.8 Å². The van der Waals surface area contributed by atoms with Crippen molar-refractivity contribution in [1.82, 2.24) is 14.5 Å². The van der Waals surface area contributed by atoms with Crippen LogP contribution in [0.4, 0.5) is 14.5 Å². The summed E-state index contributed by atoms with van der Waals surface area (Å²) in [6.45, 7) is 4.01. The van der Waals surface area contributed by atoms with E-state index in [9.17, 15) is 13.6 Å². The fourth-order valence-corrected chi connectivity index (χ4v) is 5.94. The summed E-state index contributed by atoms with van der Waals surface area (Å²) < 4.78 is 29.3. The maximum atomic E-state index is 13.8. The van der Waals surface area contributed by atoms with Crippen LogP contribution in [0.3, 0.4) is 0 Å². The lowest BCUT2D eigenvalue weighted by molar-refractivity contribution is -0.120. The van der Waals surface area contributed by atoms with Crippen molar-refractivity contribution < 1.29 is 13.6 Å². The van der Waals surface area contributed by atoms with E-state index in [4.69, 9.17) is 0 Å². The molecule has 4 aromatic rings. The standard InChI is InChI=1S/C28H26F2N4O/c1-15-3-8-24(31-13-15)17-4-6-18(7-5-17)33-28(35)16(2)27-20-9-19(10-21(20)27)34-14-32-25-11-22(29)23(30)12-26(25)34/h3-8,11-14,16,19-21,27H,9-10H2,1-2H3,(H,33,35)/t16-,19?,20-,21+,27?/m0/s1. The maximum absolute atomic E-state index is 13.8. The number of carbonyl (C=O) groups is 1. The van der Waals surface area contributed by atoms with E-state index in [-0.39, 0.29) is 17.9 Å². The van der Waals surface area contributed by atoms with Crippen LogP contribution in [-0.4, -0.2) is 20.4 Å². The van der Waals surface area contributed by atoms with Crippen LogP contribution in [0.2, 0.25) is 0 Å². The number of hydrogen-bond acceptors (Lipinski definition) is 3.